The fourth-order valence-electron chi connectivity index (χ4n) is 2.94. The van der Waals surface area contributed by atoms with E-state index in [-0.39, 0.29) is 30.8 Å². The fraction of sp³-hybridized carbons (Fsp3) is 0.889. The highest BCUT2D eigenvalue weighted by atomic mass is 16.6. The molecular weight excluding hydrogens is 328 g/mol. The molecule has 0 saturated carbocycles. The molecule has 0 aliphatic carbocycles. The van der Waals surface area contributed by atoms with Crippen LogP contribution in [0.5, 0.6) is 0 Å². The molecule has 0 unspecified atom stereocenters. The fourth-order valence-corrected chi connectivity index (χ4v) is 2.94. The lowest BCUT2D eigenvalue weighted by atomic mass is 10.00. The monoisotopic (exact) mass is 360 g/mol. The molecule has 146 valence electrons. The Balaban J connectivity index is 2.64. The number of aliphatic hydroxyl groups is 2. The molecule has 0 aromatic rings. The van der Waals surface area contributed by atoms with E-state index in [0.717, 1.165) is 0 Å². The van der Waals surface area contributed by atoms with Crippen molar-refractivity contribution < 1.29 is 34.0 Å². The van der Waals surface area contributed by atoms with Crippen LogP contribution in [0.3, 0.4) is 0 Å². The summed E-state index contributed by atoms with van der Waals surface area (Å²) in [5.41, 5.74) is 0. The number of hydrogen-bond acceptors (Lipinski definition) is 7. The maximum absolute atomic E-state index is 12.1. The quantitative estimate of drug-likeness (QED) is 0.604. The largest absolute Gasteiger partial charge is 0.463 e. The molecule has 1 rings (SSSR count). The van der Waals surface area contributed by atoms with Gasteiger partial charge in [-0.2, -0.15) is 0 Å². The second-order valence-electron chi connectivity index (χ2n) is 6.49. The summed E-state index contributed by atoms with van der Waals surface area (Å²) in [5.74, 6) is -1.19. The molecular formula is C18H32O7. The topological polar surface area (TPSA) is 102 Å². The van der Waals surface area contributed by atoms with Crippen molar-refractivity contribution in [3.05, 3.63) is 0 Å². The molecule has 1 saturated heterocycles. The summed E-state index contributed by atoms with van der Waals surface area (Å²) in [5, 5.41) is 20.2. The van der Waals surface area contributed by atoms with Crippen LogP contribution in [-0.2, 0) is 23.8 Å². The van der Waals surface area contributed by atoms with Crippen LogP contribution in [0, 0.1) is 11.8 Å². The first-order valence-electron chi connectivity index (χ1n) is 9.26. The minimum atomic E-state index is -1.18. The van der Waals surface area contributed by atoms with Crippen molar-refractivity contribution >= 4 is 11.9 Å². The zero-order chi connectivity index (χ0) is 19.0. The second-order valence-corrected chi connectivity index (χ2v) is 6.49. The van der Waals surface area contributed by atoms with E-state index in [0.29, 0.717) is 25.7 Å². The molecule has 0 amide bonds. The first-order chi connectivity index (χ1) is 11.9. The third-order valence-corrected chi connectivity index (χ3v) is 4.82. The standard InChI is InChI=1S/C18H32O7/c1-5-11(6-2)17(21)23-10-14-16(20)13(9-15(19)24-14)25-18(22)12(7-3)8-4/h11-16,19-20H,5-10H2,1-4H3/t13-,14-,15+,16+/m1/s1. The molecule has 4 atom stereocenters. The lowest BCUT2D eigenvalue weighted by Crippen LogP contribution is -2.52. The predicted octanol–water partition coefficient (Wildman–Crippen LogP) is 1.78. The van der Waals surface area contributed by atoms with E-state index in [1.165, 1.54) is 0 Å². The first kappa shape index (κ1) is 21.9. The lowest BCUT2D eigenvalue weighted by Gasteiger charge is -2.37. The van der Waals surface area contributed by atoms with Gasteiger partial charge < -0.3 is 24.4 Å². The third kappa shape index (κ3) is 6.24. The number of carbonyl (C=O) groups is 2. The Morgan fingerprint density at radius 3 is 2.04 bits per heavy atom. The van der Waals surface area contributed by atoms with Gasteiger partial charge in [0.25, 0.3) is 0 Å². The van der Waals surface area contributed by atoms with Crippen LogP contribution in [0.2, 0.25) is 0 Å². The van der Waals surface area contributed by atoms with Crippen molar-refractivity contribution in [3.8, 4) is 0 Å². The van der Waals surface area contributed by atoms with Crippen LogP contribution >= 0.6 is 0 Å². The Bertz CT molecular complexity index is 418. The van der Waals surface area contributed by atoms with Gasteiger partial charge in [-0.25, -0.2) is 0 Å². The van der Waals surface area contributed by atoms with E-state index < -0.39 is 30.6 Å². The molecule has 0 radical (unpaired) electrons. The zero-order valence-electron chi connectivity index (χ0n) is 15.6. The molecule has 0 aromatic carbocycles. The van der Waals surface area contributed by atoms with Crippen molar-refractivity contribution in [3.63, 3.8) is 0 Å². The molecule has 1 fully saturated rings. The zero-order valence-corrected chi connectivity index (χ0v) is 15.6. The van der Waals surface area contributed by atoms with Crippen LogP contribution < -0.4 is 0 Å². The smallest absolute Gasteiger partial charge is 0.309 e. The minimum Gasteiger partial charge on any atom is -0.463 e. The van der Waals surface area contributed by atoms with Crippen molar-refractivity contribution in [2.24, 2.45) is 11.8 Å². The third-order valence-electron chi connectivity index (χ3n) is 4.82. The summed E-state index contributed by atoms with van der Waals surface area (Å²) in [7, 11) is 0. The van der Waals surface area contributed by atoms with Gasteiger partial charge in [0.05, 0.1) is 11.8 Å². The number of rotatable bonds is 9. The summed E-state index contributed by atoms with van der Waals surface area (Å²) in [4.78, 5) is 24.1. The van der Waals surface area contributed by atoms with E-state index in [2.05, 4.69) is 0 Å². The molecule has 0 spiro atoms. The van der Waals surface area contributed by atoms with E-state index in [1.807, 2.05) is 27.7 Å². The molecule has 1 aliphatic heterocycles. The van der Waals surface area contributed by atoms with Gasteiger partial charge in [0, 0.05) is 6.42 Å². The highest BCUT2D eigenvalue weighted by molar-refractivity contribution is 5.72. The van der Waals surface area contributed by atoms with Gasteiger partial charge in [0.2, 0.25) is 0 Å². The summed E-state index contributed by atoms with van der Waals surface area (Å²) in [6, 6.07) is 0. The van der Waals surface area contributed by atoms with Gasteiger partial charge in [-0.05, 0) is 25.7 Å². The van der Waals surface area contributed by atoms with E-state index >= 15 is 0 Å². The molecule has 7 nitrogen and oxygen atoms in total. The number of ether oxygens (including phenoxy) is 3. The Morgan fingerprint density at radius 1 is 1.00 bits per heavy atom. The summed E-state index contributed by atoms with van der Waals surface area (Å²) < 4.78 is 15.8. The van der Waals surface area contributed by atoms with Gasteiger partial charge in [-0.3, -0.25) is 9.59 Å². The Labute approximate surface area is 149 Å². The van der Waals surface area contributed by atoms with Crippen LogP contribution in [0.15, 0.2) is 0 Å². The van der Waals surface area contributed by atoms with Gasteiger partial charge in [-0.15, -0.1) is 0 Å². The molecule has 7 heteroatoms. The molecule has 25 heavy (non-hydrogen) atoms. The SMILES string of the molecule is CCC(CC)C(=O)OC[C@H]1O[C@H](O)C[C@@H](OC(=O)C(CC)CC)[C@@H]1O. The summed E-state index contributed by atoms with van der Waals surface area (Å²) >= 11 is 0. The maximum Gasteiger partial charge on any atom is 0.309 e. The molecule has 2 N–H and O–H groups in total. The number of carbonyl (C=O) groups excluding carboxylic acids is 2. The van der Waals surface area contributed by atoms with Gasteiger partial charge in [0.15, 0.2) is 6.29 Å². The summed E-state index contributed by atoms with van der Waals surface area (Å²) in [6.07, 6.45) is -1.53. The highest BCUT2D eigenvalue weighted by Crippen LogP contribution is 2.24. The van der Waals surface area contributed by atoms with Crippen molar-refractivity contribution in [1.82, 2.24) is 0 Å². The number of aliphatic hydroxyl groups excluding tert-OH is 2. The predicted molar refractivity (Wildman–Crippen MR) is 90.5 cm³/mol. The van der Waals surface area contributed by atoms with Crippen LogP contribution in [0.4, 0.5) is 0 Å². The molecule has 1 aliphatic rings. The van der Waals surface area contributed by atoms with Gasteiger partial charge >= 0.3 is 11.9 Å². The van der Waals surface area contributed by atoms with Crippen molar-refractivity contribution in [2.45, 2.75) is 84.4 Å². The van der Waals surface area contributed by atoms with E-state index in [9.17, 15) is 19.8 Å². The Morgan fingerprint density at radius 2 is 1.52 bits per heavy atom. The molecule has 0 aromatic heterocycles. The highest BCUT2D eigenvalue weighted by Gasteiger charge is 2.40. The van der Waals surface area contributed by atoms with E-state index in [4.69, 9.17) is 14.2 Å². The van der Waals surface area contributed by atoms with Crippen LogP contribution in [0.1, 0.15) is 59.8 Å². The minimum absolute atomic E-state index is 0.00987. The molecule has 1 heterocycles. The van der Waals surface area contributed by atoms with E-state index in [1.54, 1.807) is 0 Å². The lowest BCUT2D eigenvalue weighted by molar-refractivity contribution is -0.249. The Kier molecular flexibility index (Phi) is 9.38. The van der Waals surface area contributed by atoms with Crippen molar-refractivity contribution in [1.29, 1.82) is 0 Å². The van der Waals surface area contributed by atoms with Gasteiger partial charge in [0.1, 0.15) is 24.9 Å². The number of hydrogen-bond donors (Lipinski definition) is 2. The van der Waals surface area contributed by atoms with Crippen LogP contribution in [0.25, 0.3) is 0 Å². The average molecular weight is 360 g/mol. The van der Waals surface area contributed by atoms with Crippen LogP contribution in [-0.4, -0.2) is 53.4 Å². The maximum atomic E-state index is 12.1. The summed E-state index contributed by atoms with van der Waals surface area (Å²) in [6.45, 7) is 7.40. The number of esters is 2. The molecule has 0 bridgehead atoms. The first-order valence-corrected chi connectivity index (χ1v) is 9.26. The normalized spacial score (nSPS) is 26.7. The van der Waals surface area contributed by atoms with Crippen molar-refractivity contribution in [2.75, 3.05) is 6.61 Å². The Hall–Kier alpha value is -1.18. The average Bonchev–Trinajstić information content (AvgIpc) is 2.58. The van der Waals surface area contributed by atoms with Gasteiger partial charge in [-0.1, -0.05) is 27.7 Å². The second kappa shape index (κ2) is 10.7.